The molecule has 0 aliphatic carbocycles. The van der Waals surface area contributed by atoms with Crippen molar-refractivity contribution in [2.24, 2.45) is 5.73 Å². The number of aromatic hydroxyl groups is 1. The second kappa shape index (κ2) is 9.50. The van der Waals surface area contributed by atoms with Gasteiger partial charge >= 0.3 is 0 Å². The molecule has 2 aromatic carbocycles. The predicted molar refractivity (Wildman–Crippen MR) is 141 cm³/mol. The summed E-state index contributed by atoms with van der Waals surface area (Å²) in [5.41, 5.74) is 19.4. The van der Waals surface area contributed by atoms with Crippen LogP contribution in [0.5, 0.6) is 5.75 Å². The SMILES string of the molecule is C=CC(=O)N1CCn2ncc(Cc3[nH]c(N)c(/C=C(\N)c4ccccc4O)c3-c3ccccc3)c2C1. The zero-order valence-corrected chi connectivity index (χ0v) is 19.8. The highest BCUT2D eigenvalue weighted by Gasteiger charge is 2.24. The molecule has 1 aliphatic rings. The number of hydrogen-bond acceptors (Lipinski definition) is 5. The van der Waals surface area contributed by atoms with Crippen LogP contribution in [0.25, 0.3) is 22.9 Å². The van der Waals surface area contributed by atoms with Gasteiger partial charge in [-0.15, -0.1) is 0 Å². The van der Waals surface area contributed by atoms with E-state index in [2.05, 4.69) is 16.7 Å². The van der Waals surface area contributed by atoms with E-state index in [4.69, 9.17) is 11.5 Å². The molecule has 8 nitrogen and oxygen atoms in total. The maximum atomic E-state index is 12.2. The summed E-state index contributed by atoms with van der Waals surface area (Å²) < 4.78 is 1.95. The Morgan fingerprint density at radius 2 is 1.89 bits per heavy atom. The third-order valence-electron chi connectivity index (χ3n) is 6.54. The lowest BCUT2D eigenvalue weighted by Crippen LogP contribution is -2.37. The van der Waals surface area contributed by atoms with Crippen molar-refractivity contribution in [3.8, 4) is 16.9 Å². The molecule has 8 heteroatoms. The number of nitrogens with zero attached hydrogens (tertiary/aromatic N) is 3. The number of amides is 1. The molecule has 36 heavy (non-hydrogen) atoms. The molecule has 0 unspecified atom stereocenters. The van der Waals surface area contributed by atoms with Gasteiger partial charge in [-0.25, -0.2) is 0 Å². The molecule has 0 spiro atoms. The molecule has 0 bridgehead atoms. The molecule has 0 saturated heterocycles. The number of nitrogens with two attached hydrogens (primary N) is 2. The van der Waals surface area contributed by atoms with E-state index in [-0.39, 0.29) is 11.7 Å². The number of nitrogens with one attached hydrogen (secondary N) is 1. The minimum Gasteiger partial charge on any atom is -0.507 e. The zero-order valence-electron chi connectivity index (χ0n) is 19.8. The van der Waals surface area contributed by atoms with Crippen molar-refractivity contribution in [1.29, 1.82) is 0 Å². The van der Waals surface area contributed by atoms with Crippen molar-refractivity contribution in [3.05, 3.63) is 102 Å². The van der Waals surface area contributed by atoms with E-state index in [1.54, 1.807) is 29.2 Å². The number of rotatable bonds is 6. The number of H-pyrrole nitrogens is 1. The second-order valence-corrected chi connectivity index (χ2v) is 8.77. The van der Waals surface area contributed by atoms with Crippen LogP contribution in [-0.2, 0) is 24.3 Å². The number of nitrogen functional groups attached to an aromatic ring is 1. The van der Waals surface area contributed by atoms with Crippen molar-refractivity contribution >= 4 is 23.5 Å². The zero-order chi connectivity index (χ0) is 25.2. The van der Waals surface area contributed by atoms with E-state index < -0.39 is 0 Å². The quantitative estimate of drug-likeness (QED) is 0.313. The van der Waals surface area contributed by atoms with Crippen molar-refractivity contribution in [2.45, 2.75) is 19.5 Å². The first-order valence-electron chi connectivity index (χ1n) is 11.7. The molecule has 1 amide bonds. The molecule has 0 fully saturated rings. The van der Waals surface area contributed by atoms with Gasteiger partial charge in [0.1, 0.15) is 11.6 Å². The number of aromatic amines is 1. The number of phenolic OH excluding ortho intramolecular Hbond substituents is 1. The highest BCUT2D eigenvalue weighted by Crippen LogP contribution is 2.36. The Bertz CT molecular complexity index is 1460. The van der Waals surface area contributed by atoms with E-state index in [9.17, 15) is 9.90 Å². The normalized spacial score (nSPS) is 13.4. The fraction of sp³-hybridized carbons (Fsp3) is 0.143. The van der Waals surface area contributed by atoms with Gasteiger partial charge in [0.2, 0.25) is 5.91 Å². The first kappa shape index (κ1) is 23.0. The number of anilines is 1. The Labute approximate surface area is 209 Å². The molecule has 1 aliphatic heterocycles. The fourth-order valence-electron chi connectivity index (χ4n) is 4.71. The Morgan fingerprint density at radius 3 is 2.64 bits per heavy atom. The summed E-state index contributed by atoms with van der Waals surface area (Å²) in [6, 6.07) is 16.9. The summed E-state index contributed by atoms with van der Waals surface area (Å²) in [6.45, 7) is 5.33. The van der Waals surface area contributed by atoms with E-state index >= 15 is 0 Å². The molecule has 5 rings (SSSR count). The minimum atomic E-state index is -0.0884. The molecule has 0 saturated carbocycles. The van der Waals surface area contributed by atoms with Crippen LogP contribution in [0.4, 0.5) is 5.82 Å². The van der Waals surface area contributed by atoms with E-state index in [1.807, 2.05) is 47.3 Å². The van der Waals surface area contributed by atoms with Crippen molar-refractivity contribution < 1.29 is 9.90 Å². The van der Waals surface area contributed by atoms with E-state index in [0.717, 1.165) is 33.6 Å². The summed E-state index contributed by atoms with van der Waals surface area (Å²) in [5, 5.41) is 14.8. The first-order valence-corrected chi connectivity index (χ1v) is 11.7. The molecular formula is C28H28N6O2. The van der Waals surface area contributed by atoms with Gasteiger partial charge in [0, 0.05) is 46.6 Å². The van der Waals surface area contributed by atoms with Crippen molar-refractivity contribution in [2.75, 3.05) is 12.3 Å². The van der Waals surface area contributed by atoms with Gasteiger partial charge in [-0.2, -0.15) is 5.10 Å². The highest BCUT2D eigenvalue weighted by atomic mass is 16.3. The molecule has 2 aromatic heterocycles. The van der Waals surface area contributed by atoms with Gasteiger partial charge in [0.15, 0.2) is 0 Å². The smallest absolute Gasteiger partial charge is 0.246 e. The van der Waals surface area contributed by atoms with Crippen LogP contribution in [-0.4, -0.2) is 37.2 Å². The maximum absolute atomic E-state index is 12.2. The molecule has 3 heterocycles. The average Bonchev–Trinajstić information content (AvgIpc) is 3.44. The van der Waals surface area contributed by atoms with Crippen LogP contribution in [0.2, 0.25) is 0 Å². The van der Waals surface area contributed by atoms with Crippen LogP contribution in [0.3, 0.4) is 0 Å². The number of carbonyl (C=O) groups is 1. The largest absolute Gasteiger partial charge is 0.507 e. The van der Waals surface area contributed by atoms with E-state index in [0.29, 0.717) is 43.1 Å². The van der Waals surface area contributed by atoms with Crippen LogP contribution < -0.4 is 11.5 Å². The Kier molecular flexibility index (Phi) is 6.08. The Hall–Kier alpha value is -4.72. The third-order valence-corrected chi connectivity index (χ3v) is 6.54. The molecule has 0 atom stereocenters. The first-order chi connectivity index (χ1) is 17.5. The van der Waals surface area contributed by atoms with Gasteiger partial charge in [0.25, 0.3) is 0 Å². The fourth-order valence-corrected chi connectivity index (χ4v) is 4.71. The number of phenols is 1. The predicted octanol–water partition coefficient (Wildman–Crippen LogP) is 3.74. The number of hydrogen-bond donors (Lipinski definition) is 4. The summed E-state index contributed by atoms with van der Waals surface area (Å²) in [7, 11) is 0. The lowest BCUT2D eigenvalue weighted by molar-refractivity contribution is -0.127. The Balaban J connectivity index is 1.58. The lowest BCUT2D eigenvalue weighted by Gasteiger charge is -2.27. The monoisotopic (exact) mass is 480 g/mol. The summed E-state index contributed by atoms with van der Waals surface area (Å²) in [5.74, 6) is 0.494. The van der Waals surface area contributed by atoms with Crippen molar-refractivity contribution in [3.63, 3.8) is 0 Å². The van der Waals surface area contributed by atoms with E-state index in [1.165, 1.54) is 6.08 Å². The number of aromatic nitrogens is 3. The van der Waals surface area contributed by atoms with Crippen molar-refractivity contribution in [1.82, 2.24) is 19.7 Å². The molecule has 182 valence electrons. The maximum Gasteiger partial charge on any atom is 0.246 e. The summed E-state index contributed by atoms with van der Waals surface area (Å²) >= 11 is 0. The number of benzene rings is 2. The molecule has 6 N–H and O–H groups in total. The summed E-state index contributed by atoms with van der Waals surface area (Å²) in [6.07, 6.45) is 5.54. The van der Waals surface area contributed by atoms with Gasteiger partial charge in [0.05, 0.1) is 25.0 Å². The second-order valence-electron chi connectivity index (χ2n) is 8.77. The average molecular weight is 481 g/mol. The molecule has 4 aromatic rings. The highest BCUT2D eigenvalue weighted by molar-refractivity contribution is 5.92. The van der Waals surface area contributed by atoms with Gasteiger partial charge in [-0.1, -0.05) is 49.0 Å². The standard InChI is InChI=1S/C28H28N6O2/c1-2-26(36)33-12-13-34-24(17-33)19(16-31-34)14-23-27(18-8-4-3-5-9-18)21(28(30)32-23)15-22(29)20-10-6-7-11-25(20)35/h2-11,15-16,32,35H,1,12-14,17,29-30H2/b22-15-. The molecular weight excluding hydrogens is 452 g/mol. The van der Waals surface area contributed by atoms with Crippen LogP contribution in [0.15, 0.2) is 73.4 Å². The summed E-state index contributed by atoms with van der Waals surface area (Å²) in [4.78, 5) is 17.3. The third kappa shape index (κ3) is 4.24. The Morgan fingerprint density at radius 1 is 1.14 bits per heavy atom. The van der Waals surface area contributed by atoms with Gasteiger partial charge in [-0.3, -0.25) is 9.48 Å². The lowest BCUT2D eigenvalue weighted by atomic mass is 9.96. The van der Waals surface area contributed by atoms with Gasteiger partial charge in [-0.05, 0) is 29.8 Å². The van der Waals surface area contributed by atoms with Gasteiger partial charge < -0.3 is 26.5 Å². The topological polar surface area (TPSA) is 126 Å². The minimum absolute atomic E-state index is 0.0884. The van der Waals surface area contributed by atoms with Crippen LogP contribution in [0, 0.1) is 0 Å². The molecule has 0 radical (unpaired) electrons. The van der Waals surface area contributed by atoms with Crippen LogP contribution in [0.1, 0.15) is 28.1 Å². The number of para-hydroxylation sites is 1. The number of fused-ring (bicyclic) bond motifs is 1. The number of carbonyl (C=O) groups excluding carboxylic acids is 1. The van der Waals surface area contributed by atoms with Crippen LogP contribution >= 0.6 is 0 Å².